The molecule has 5 N–H and O–H groups in total. The Labute approximate surface area is 139 Å². The van der Waals surface area contributed by atoms with Gasteiger partial charge >= 0.3 is 0 Å². The number of amides is 2. The summed E-state index contributed by atoms with van der Waals surface area (Å²) in [7, 11) is 0. The van der Waals surface area contributed by atoms with E-state index in [2.05, 4.69) is 5.32 Å². The molecule has 0 aliphatic carbocycles. The molecule has 7 heteroatoms. The van der Waals surface area contributed by atoms with Crippen molar-refractivity contribution in [2.24, 2.45) is 5.84 Å². The molecule has 0 aromatic heterocycles. The molecule has 0 radical (unpaired) electrons. The highest BCUT2D eigenvalue weighted by Crippen LogP contribution is 2.14. The highest BCUT2D eigenvalue weighted by atomic mass is 19.1. The van der Waals surface area contributed by atoms with E-state index in [0.29, 0.717) is 11.6 Å². The van der Waals surface area contributed by atoms with Crippen LogP contribution in [0.1, 0.15) is 21.5 Å². The molecule has 2 aromatic carbocycles. The number of nitrogens with zero attached hydrogens (tertiary/aromatic N) is 1. The van der Waals surface area contributed by atoms with Gasteiger partial charge in [0.2, 0.25) is 5.91 Å². The monoisotopic (exact) mass is 330 g/mol. The number of benzene rings is 2. The maximum Gasteiger partial charge on any atom is 0.270 e. The van der Waals surface area contributed by atoms with Crippen LogP contribution in [0.15, 0.2) is 42.5 Å². The molecule has 0 unspecified atom stereocenters. The number of anilines is 1. The fraction of sp³-hybridized carbons (Fsp3) is 0.176. The molecule has 24 heavy (non-hydrogen) atoms. The second kappa shape index (κ2) is 7.56. The van der Waals surface area contributed by atoms with Gasteiger partial charge in [-0.2, -0.15) is 0 Å². The number of nitrogens with one attached hydrogen (secondary N) is 1. The molecule has 0 atom stereocenters. The van der Waals surface area contributed by atoms with Gasteiger partial charge in [-0.25, -0.2) is 10.2 Å². The summed E-state index contributed by atoms with van der Waals surface area (Å²) in [4.78, 5) is 24.0. The number of halogens is 1. The Morgan fingerprint density at radius 1 is 1.17 bits per heavy atom. The highest BCUT2D eigenvalue weighted by molar-refractivity contribution is 6.00. The average molecular weight is 330 g/mol. The van der Waals surface area contributed by atoms with Gasteiger partial charge in [0.05, 0.1) is 5.56 Å². The Bertz CT molecular complexity index is 747. The van der Waals surface area contributed by atoms with Crippen molar-refractivity contribution in [1.82, 2.24) is 10.3 Å². The van der Waals surface area contributed by atoms with E-state index in [-0.39, 0.29) is 17.8 Å². The molecule has 0 aliphatic rings. The Balaban J connectivity index is 1.92. The van der Waals surface area contributed by atoms with Crippen LogP contribution < -0.4 is 16.9 Å². The number of aryl methyl sites for hydroxylation is 1. The van der Waals surface area contributed by atoms with Crippen LogP contribution in [0.3, 0.4) is 0 Å². The maximum atomic E-state index is 13.2. The lowest BCUT2D eigenvalue weighted by Crippen LogP contribution is -2.45. The number of nitrogen functional groups attached to an aromatic ring is 1. The molecular weight excluding hydrogens is 311 g/mol. The summed E-state index contributed by atoms with van der Waals surface area (Å²) in [6.07, 6.45) is 0. The average Bonchev–Trinajstić information content (AvgIpc) is 2.56. The zero-order valence-electron chi connectivity index (χ0n) is 13.3. The number of hydrogen-bond donors (Lipinski definition) is 3. The third kappa shape index (κ3) is 4.53. The first-order valence-electron chi connectivity index (χ1n) is 7.30. The molecule has 0 heterocycles. The zero-order chi connectivity index (χ0) is 17.7. The second-order valence-corrected chi connectivity index (χ2v) is 5.43. The minimum absolute atomic E-state index is 0.0798. The van der Waals surface area contributed by atoms with E-state index in [4.69, 9.17) is 11.6 Å². The fourth-order valence-corrected chi connectivity index (χ4v) is 2.06. The van der Waals surface area contributed by atoms with Gasteiger partial charge in [0.25, 0.3) is 5.91 Å². The van der Waals surface area contributed by atoms with Gasteiger partial charge in [-0.15, -0.1) is 0 Å². The normalized spacial score (nSPS) is 10.3. The first kappa shape index (κ1) is 17.4. The van der Waals surface area contributed by atoms with Gasteiger partial charge < -0.3 is 11.1 Å². The minimum atomic E-state index is -0.725. The van der Waals surface area contributed by atoms with E-state index < -0.39 is 17.6 Å². The highest BCUT2D eigenvalue weighted by Gasteiger charge is 2.18. The van der Waals surface area contributed by atoms with Crippen LogP contribution in [0.25, 0.3) is 0 Å². The lowest BCUT2D eigenvalue weighted by atomic mass is 10.1. The zero-order valence-corrected chi connectivity index (χ0v) is 13.3. The summed E-state index contributed by atoms with van der Waals surface area (Å²) >= 11 is 0. The SMILES string of the molecule is Cc1ccc(CNC(=O)CN(N)C(=O)c2cc(F)ccc2N)cc1. The van der Waals surface area contributed by atoms with Crippen molar-refractivity contribution < 1.29 is 14.0 Å². The van der Waals surface area contributed by atoms with E-state index in [1.807, 2.05) is 31.2 Å². The van der Waals surface area contributed by atoms with Crippen molar-refractivity contribution in [2.45, 2.75) is 13.5 Å². The number of nitrogens with two attached hydrogens (primary N) is 2. The first-order chi connectivity index (χ1) is 11.4. The topological polar surface area (TPSA) is 101 Å². The number of carbonyl (C=O) groups is 2. The predicted octanol–water partition coefficient (Wildman–Crippen LogP) is 1.35. The van der Waals surface area contributed by atoms with Crippen molar-refractivity contribution in [2.75, 3.05) is 12.3 Å². The van der Waals surface area contributed by atoms with Crippen molar-refractivity contribution >= 4 is 17.5 Å². The molecule has 6 nitrogen and oxygen atoms in total. The fourth-order valence-electron chi connectivity index (χ4n) is 2.06. The Hall–Kier alpha value is -2.93. The van der Waals surface area contributed by atoms with Crippen LogP contribution in [0, 0.1) is 12.7 Å². The summed E-state index contributed by atoms with van der Waals surface area (Å²) in [5.74, 6) is 3.84. The lowest BCUT2D eigenvalue weighted by Gasteiger charge is -2.17. The predicted molar refractivity (Wildman–Crippen MR) is 89.1 cm³/mol. The van der Waals surface area contributed by atoms with Crippen LogP contribution in [0.4, 0.5) is 10.1 Å². The van der Waals surface area contributed by atoms with E-state index in [1.54, 1.807) is 0 Å². The van der Waals surface area contributed by atoms with Gasteiger partial charge in [-0.05, 0) is 30.7 Å². The Kier molecular flexibility index (Phi) is 5.49. The van der Waals surface area contributed by atoms with Crippen LogP contribution in [0.2, 0.25) is 0 Å². The summed E-state index contributed by atoms with van der Waals surface area (Å²) in [5.41, 5.74) is 7.70. The van der Waals surface area contributed by atoms with E-state index >= 15 is 0 Å². The number of hydrazine groups is 1. The number of carbonyl (C=O) groups excluding carboxylic acids is 2. The van der Waals surface area contributed by atoms with E-state index in [0.717, 1.165) is 23.3 Å². The van der Waals surface area contributed by atoms with Gasteiger partial charge in [0.15, 0.2) is 0 Å². The third-order valence-corrected chi connectivity index (χ3v) is 3.43. The largest absolute Gasteiger partial charge is 0.398 e. The van der Waals surface area contributed by atoms with Crippen LogP contribution >= 0.6 is 0 Å². The van der Waals surface area contributed by atoms with Gasteiger partial charge in [-0.3, -0.25) is 14.6 Å². The van der Waals surface area contributed by atoms with Crippen molar-refractivity contribution in [3.05, 3.63) is 65.0 Å². The molecule has 0 saturated carbocycles. The summed E-state index contributed by atoms with van der Waals surface area (Å²) in [6.45, 7) is 1.93. The lowest BCUT2D eigenvalue weighted by molar-refractivity contribution is -0.122. The molecule has 0 aliphatic heterocycles. The molecule has 0 bridgehead atoms. The van der Waals surface area contributed by atoms with Crippen LogP contribution in [0.5, 0.6) is 0 Å². The van der Waals surface area contributed by atoms with Crippen molar-refractivity contribution in [3.8, 4) is 0 Å². The summed E-state index contributed by atoms with van der Waals surface area (Å²) < 4.78 is 13.2. The summed E-state index contributed by atoms with van der Waals surface area (Å²) in [5, 5.41) is 3.37. The Morgan fingerprint density at radius 2 is 1.83 bits per heavy atom. The standard InChI is InChI=1S/C17H19FN4O2/c1-11-2-4-12(5-3-11)9-21-16(23)10-22(20)17(24)14-8-13(18)6-7-15(14)19/h2-8H,9-10,19-20H2,1H3,(H,21,23). The van der Waals surface area contributed by atoms with Gasteiger partial charge in [0.1, 0.15) is 12.4 Å². The Morgan fingerprint density at radius 3 is 2.50 bits per heavy atom. The van der Waals surface area contributed by atoms with Gasteiger partial charge in [-0.1, -0.05) is 29.8 Å². The first-order valence-corrected chi connectivity index (χ1v) is 7.30. The maximum absolute atomic E-state index is 13.2. The smallest absolute Gasteiger partial charge is 0.270 e. The molecule has 0 fully saturated rings. The molecule has 2 rings (SSSR count). The molecule has 0 spiro atoms. The molecule has 0 saturated heterocycles. The van der Waals surface area contributed by atoms with E-state index in [1.165, 1.54) is 6.07 Å². The van der Waals surface area contributed by atoms with Crippen LogP contribution in [-0.4, -0.2) is 23.4 Å². The third-order valence-electron chi connectivity index (χ3n) is 3.43. The van der Waals surface area contributed by atoms with Gasteiger partial charge in [0, 0.05) is 12.2 Å². The quantitative estimate of drug-likeness (QED) is 0.333. The molecule has 2 aromatic rings. The van der Waals surface area contributed by atoms with Crippen molar-refractivity contribution in [1.29, 1.82) is 0 Å². The molecular formula is C17H19FN4O2. The number of rotatable bonds is 5. The van der Waals surface area contributed by atoms with E-state index in [9.17, 15) is 14.0 Å². The molecule has 126 valence electrons. The number of hydrogen-bond acceptors (Lipinski definition) is 4. The second-order valence-electron chi connectivity index (χ2n) is 5.43. The summed E-state index contributed by atoms with van der Waals surface area (Å²) in [6, 6.07) is 11.1. The molecule has 2 amide bonds. The van der Waals surface area contributed by atoms with Crippen molar-refractivity contribution in [3.63, 3.8) is 0 Å². The minimum Gasteiger partial charge on any atom is -0.398 e. The van der Waals surface area contributed by atoms with Crippen LogP contribution in [-0.2, 0) is 11.3 Å².